The highest BCUT2D eigenvalue weighted by Crippen LogP contribution is 2.15. The Kier molecular flexibility index (Phi) is 47.8. The van der Waals surface area contributed by atoms with Crippen molar-refractivity contribution in [2.24, 2.45) is 5.73 Å². The van der Waals surface area contributed by atoms with E-state index in [4.69, 9.17) is 5.73 Å². The summed E-state index contributed by atoms with van der Waals surface area (Å²) in [5.41, 5.74) is 5.66. The van der Waals surface area contributed by atoms with Gasteiger partial charge >= 0.3 is 0 Å². The number of rotatable bonds is 53. The smallest absolute Gasteiger partial charge is 0.242 e. The van der Waals surface area contributed by atoms with Crippen molar-refractivity contribution in [3.8, 4) is 0 Å². The quantitative estimate of drug-likeness (QED) is 0.0435. The van der Waals surface area contributed by atoms with E-state index in [1.165, 1.54) is 133 Å². The van der Waals surface area contributed by atoms with E-state index in [9.17, 15) is 34.2 Å². The first-order valence-electron chi connectivity index (χ1n) is 29.4. The lowest BCUT2D eigenvalue weighted by atomic mass is 10.1. The zero-order chi connectivity index (χ0) is 51.7. The van der Waals surface area contributed by atoms with E-state index in [0.29, 0.717) is 26.2 Å². The number of primary amides is 1. The Morgan fingerprint density at radius 2 is 0.557 bits per heavy atom. The molecule has 0 saturated carbocycles. The third-order valence-electron chi connectivity index (χ3n) is 13.8. The first-order valence-corrected chi connectivity index (χ1v) is 29.4. The second-order valence-corrected chi connectivity index (χ2v) is 20.5. The Hall–Kier alpha value is -2.77. The van der Waals surface area contributed by atoms with E-state index in [1.54, 1.807) is 14.7 Å². The van der Waals surface area contributed by atoms with Gasteiger partial charge in [-0.15, -0.1) is 0 Å². The van der Waals surface area contributed by atoms with Gasteiger partial charge in [0.05, 0.1) is 52.0 Å². The normalized spacial score (nSPS) is 11.4. The molecule has 5 N–H and O–H groups in total. The molecule has 0 bridgehead atoms. The Labute approximate surface area is 430 Å². The van der Waals surface area contributed by atoms with Crippen LogP contribution in [0.1, 0.15) is 259 Å². The highest BCUT2D eigenvalue weighted by atomic mass is 16.3. The van der Waals surface area contributed by atoms with Crippen LogP contribution >= 0.6 is 0 Å². The molecule has 0 spiro atoms. The molecule has 0 heterocycles. The minimum atomic E-state index is -0.654. The molecule has 0 saturated heterocycles. The maximum atomic E-state index is 14.5. The molecule has 0 aliphatic rings. The van der Waals surface area contributed by atoms with Gasteiger partial charge in [0.15, 0.2) is 0 Å². The highest BCUT2D eigenvalue weighted by Gasteiger charge is 2.27. The number of nitrogens with one attached hydrogen (secondary N) is 1. The highest BCUT2D eigenvalue weighted by molar-refractivity contribution is 5.91. The van der Waals surface area contributed by atoms with Crippen LogP contribution in [0.15, 0.2) is 0 Å². The van der Waals surface area contributed by atoms with Crippen molar-refractivity contribution in [2.45, 2.75) is 265 Å². The van der Waals surface area contributed by atoms with E-state index in [2.05, 4.69) is 33.0 Å². The zero-order valence-electron chi connectivity index (χ0n) is 46.1. The van der Waals surface area contributed by atoms with Crippen molar-refractivity contribution in [1.29, 1.82) is 0 Å². The maximum absolute atomic E-state index is 14.5. The molecule has 5 amide bonds. The lowest BCUT2D eigenvalue weighted by Gasteiger charge is -2.31. The number of carbonyl (C=O) groups is 5. The van der Waals surface area contributed by atoms with Gasteiger partial charge in [0.2, 0.25) is 29.5 Å². The fourth-order valence-electron chi connectivity index (χ4n) is 9.13. The molecular weight excluding hydrogens is 881 g/mol. The minimum absolute atomic E-state index is 0.136. The summed E-state index contributed by atoms with van der Waals surface area (Å²) in [4.78, 5) is 75.3. The monoisotopic (exact) mass is 993 g/mol. The molecule has 13 nitrogen and oxygen atoms in total. The van der Waals surface area contributed by atoms with Crippen LogP contribution in [0.4, 0.5) is 0 Å². The van der Waals surface area contributed by atoms with Crippen LogP contribution in [0.5, 0.6) is 0 Å². The Morgan fingerprint density at radius 1 is 0.343 bits per heavy atom. The standard InChI is InChI=1S/C57H112N6O7/c1-5-9-13-17-21-25-27-31-34-38-42-61(54(67)45-59-52(50-64)51-65)47-56(69)63(44-39-35-30-24-20-16-12-8-4)49-57(70)62(43-40-36-32-28-26-22-18-14-10-6-2)48-55(68)60(46-53(58)66)41-37-33-29-23-19-15-11-7-3/h52,59,64-65H,5-51H2,1-4H3,(H2,58,66). The summed E-state index contributed by atoms with van der Waals surface area (Å²) in [6.07, 6.45) is 40.1. The van der Waals surface area contributed by atoms with Crippen molar-refractivity contribution in [2.75, 3.05) is 72.1 Å². The van der Waals surface area contributed by atoms with Gasteiger partial charge in [0.25, 0.3) is 0 Å². The number of hydrogen-bond donors (Lipinski definition) is 4. The van der Waals surface area contributed by atoms with Crippen LogP contribution in [0.3, 0.4) is 0 Å². The molecule has 0 rings (SSSR count). The molecule has 13 heteroatoms. The van der Waals surface area contributed by atoms with E-state index in [-0.39, 0.29) is 69.6 Å². The number of unbranched alkanes of at least 4 members (excludes halogenated alkanes) is 32. The van der Waals surface area contributed by atoms with E-state index in [1.807, 2.05) is 0 Å². The van der Waals surface area contributed by atoms with Gasteiger partial charge in [-0.2, -0.15) is 0 Å². The molecule has 0 aliphatic carbocycles. The number of aliphatic hydroxyl groups excluding tert-OH is 2. The van der Waals surface area contributed by atoms with Gasteiger partial charge in [-0.05, 0) is 25.7 Å². The molecule has 0 aromatic rings. The summed E-state index contributed by atoms with van der Waals surface area (Å²) >= 11 is 0. The minimum Gasteiger partial charge on any atom is -0.395 e. The fraction of sp³-hybridized carbons (Fsp3) is 0.912. The van der Waals surface area contributed by atoms with Crippen molar-refractivity contribution >= 4 is 29.5 Å². The second-order valence-electron chi connectivity index (χ2n) is 20.5. The average molecular weight is 994 g/mol. The molecule has 0 fully saturated rings. The zero-order valence-corrected chi connectivity index (χ0v) is 46.1. The van der Waals surface area contributed by atoms with Crippen molar-refractivity contribution in [3.05, 3.63) is 0 Å². The van der Waals surface area contributed by atoms with Crippen LogP contribution in [0, 0.1) is 0 Å². The van der Waals surface area contributed by atoms with Crippen LogP contribution < -0.4 is 11.1 Å². The molecule has 0 aromatic heterocycles. The average Bonchev–Trinajstić information content (AvgIpc) is 3.35. The first-order chi connectivity index (χ1) is 34.1. The lowest BCUT2D eigenvalue weighted by Crippen LogP contribution is -2.51. The van der Waals surface area contributed by atoms with Gasteiger partial charge in [0.1, 0.15) is 0 Å². The van der Waals surface area contributed by atoms with Crippen LogP contribution in [0.25, 0.3) is 0 Å². The number of nitrogens with two attached hydrogens (primary N) is 1. The van der Waals surface area contributed by atoms with Crippen LogP contribution in [0.2, 0.25) is 0 Å². The number of amides is 5. The third-order valence-corrected chi connectivity index (χ3v) is 13.8. The molecule has 0 aliphatic heterocycles. The van der Waals surface area contributed by atoms with Crippen LogP contribution in [-0.2, 0) is 24.0 Å². The second kappa shape index (κ2) is 49.8. The van der Waals surface area contributed by atoms with Crippen molar-refractivity contribution in [1.82, 2.24) is 24.9 Å². The molecule has 0 radical (unpaired) electrons. The van der Waals surface area contributed by atoms with Gasteiger partial charge in [-0.25, -0.2) is 0 Å². The third kappa shape index (κ3) is 39.8. The predicted octanol–water partition coefficient (Wildman–Crippen LogP) is 10.9. The Bertz CT molecular complexity index is 1250. The van der Waals surface area contributed by atoms with E-state index in [0.717, 1.165) is 103 Å². The van der Waals surface area contributed by atoms with Gasteiger partial charge in [-0.1, -0.05) is 233 Å². The van der Waals surface area contributed by atoms with Gasteiger partial charge in [0, 0.05) is 26.2 Å². The molecule has 412 valence electrons. The molecule has 0 unspecified atom stereocenters. The van der Waals surface area contributed by atoms with Crippen molar-refractivity contribution < 1.29 is 34.2 Å². The summed E-state index contributed by atoms with van der Waals surface area (Å²) < 4.78 is 0. The molecule has 0 aromatic carbocycles. The summed E-state index contributed by atoms with van der Waals surface area (Å²) in [5.74, 6) is -1.82. The van der Waals surface area contributed by atoms with E-state index < -0.39 is 11.9 Å². The summed E-state index contributed by atoms with van der Waals surface area (Å²) in [7, 11) is 0. The summed E-state index contributed by atoms with van der Waals surface area (Å²) in [6, 6.07) is -0.654. The number of nitrogens with zero attached hydrogens (tertiary/aromatic N) is 4. The largest absolute Gasteiger partial charge is 0.395 e. The van der Waals surface area contributed by atoms with Gasteiger partial charge in [-0.3, -0.25) is 24.0 Å². The fourth-order valence-corrected chi connectivity index (χ4v) is 9.13. The Morgan fingerprint density at radius 3 is 0.786 bits per heavy atom. The molecule has 70 heavy (non-hydrogen) atoms. The van der Waals surface area contributed by atoms with E-state index >= 15 is 0 Å². The molecule has 0 atom stereocenters. The predicted molar refractivity (Wildman–Crippen MR) is 290 cm³/mol. The number of hydrogen-bond acceptors (Lipinski definition) is 8. The lowest BCUT2D eigenvalue weighted by molar-refractivity contribution is -0.146. The van der Waals surface area contributed by atoms with Gasteiger partial charge < -0.3 is 40.9 Å². The Balaban J connectivity index is 6.27. The van der Waals surface area contributed by atoms with Crippen LogP contribution in [-0.4, -0.2) is 138 Å². The summed E-state index contributed by atoms with van der Waals surface area (Å²) in [6.45, 7) is 8.82. The SMILES string of the molecule is CCCCCCCCCCCCN(CC(=O)N(CCCCCCCCCC)CC(=O)N(CCCCCCCCCCCC)CC(=O)N(CCCCCCCCCC)CC(N)=O)C(=O)CNC(CO)CO. The van der Waals surface area contributed by atoms with Crippen molar-refractivity contribution in [3.63, 3.8) is 0 Å². The number of carbonyl (C=O) groups excluding carboxylic acids is 5. The maximum Gasteiger partial charge on any atom is 0.242 e. The molecular formula is C57H112N6O7. The first kappa shape index (κ1) is 67.2. The number of aliphatic hydroxyl groups is 2. The topological polar surface area (TPSA) is 177 Å². The summed E-state index contributed by atoms with van der Waals surface area (Å²) in [5, 5.41) is 22.2.